The van der Waals surface area contributed by atoms with Crippen LogP contribution in [0, 0.1) is 0 Å². The molecule has 4 nitrogen and oxygen atoms in total. The summed E-state index contributed by atoms with van der Waals surface area (Å²) in [6.45, 7) is 0. The van der Waals surface area contributed by atoms with Gasteiger partial charge in [-0.3, -0.25) is 15.1 Å². The fourth-order valence-electron chi connectivity index (χ4n) is 1.36. The molecule has 0 spiro atoms. The Balaban J connectivity index is 2.85. The Bertz CT molecular complexity index is 516. The number of para-hydroxylation sites is 1. The fraction of sp³-hybridized carbons (Fsp3) is 0. The first-order valence-electron chi connectivity index (χ1n) is 4.05. The first kappa shape index (κ1) is 9.34. The summed E-state index contributed by atoms with van der Waals surface area (Å²) in [5, 5.41) is 0.881. The van der Waals surface area contributed by atoms with E-state index in [0.717, 1.165) is 0 Å². The lowest BCUT2D eigenvalue weighted by molar-refractivity contribution is 0.491. The third-order valence-corrected chi connectivity index (χ3v) is 3.05. The molecule has 2 rings (SSSR count). The molecule has 3 N–H and O–H groups in total. The van der Waals surface area contributed by atoms with Gasteiger partial charge in [-0.1, -0.05) is 18.2 Å². The van der Waals surface area contributed by atoms with Crippen LogP contribution in [0.5, 0.6) is 0 Å². The molecule has 0 radical (unpaired) electrons. The van der Waals surface area contributed by atoms with E-state index in [9.17, 15) is 9.46 Å². The van der Waals surface area contributed by atoms with Gasteiger partial charge in [-0.05, 0) is 12.1 Å². The molecule has 1 unspecified atom stereocenters. The van der Waals surface area contributed by atoms with Gasteiger partial charge in [-0.25, -0.2) is 0 Å². The first-order valence-corrected chi connectivity index (χ1v) is 5.77. The van der Waals surface area contributed by atoms with Crippen LogP contribution in [0.2, 0.25) is 0 Å². The molecule has 0 bridgehead atoms. The number of nitrogens with zero attached hydrogens (tertiary/aromatic N) is 1. The van der Waals surface area contributed by atoms with Crippen molar-refractivity contribution in [1.29, 1.82) is 0 Å². The van der Waals surface area contributed by atoms with E-state index >= 15 is 0 Å². The molecule has 1 aromatic heterocycles. The smallest absolute Gasteiger partial charge is 0.295 e. The number of fused-ring (bicyclic) bond motifs is 1. The van der Waals surface area contributed by atoms with E-state index in [0.29, 0.717) is 10.9 Å². The second-order valence-electron chi connectivity index (χ2n) is 2.97. The molecule has 14 heavy (non-hydrogen) atoms. The van der Waals surface area contributed by atoms with Crippen molar-refractivity contribution in [1.82, 2.24) is 4.98 Å². The predicted molar refractivity (Wildman–Crippen MR) is 55.4 cm³/mol. The topological polar surface area (TPSA) is 76.2 Å². The molecule has 0 aliphatic carbocycles. The van der Waals surface area contributed by atoms with Gasteiger partial charge in [0, 0.05) is 11.6 Å². The summed E-state index contributed by atoms with van der Waals surface area (Å²) in [6, 6.07) is 8.58. The third-order valence-electron chi connectivity index (χ3n) is 1.97. The lowest BCUT2D eigenvalue weighted by atomic mass is 10.2. The van der Waals surface area contributed by atoms with Crippen molar-refractivity contribution >= 4 is 23.7 Å². The van der Waals surface area contributed by atoms with Crippen molar-refractivity contribution in [3.05, 3.63) is 36.5 Å². The van der Waals surface area contributed by atoms with Gasteiger partial charge in [0.05, 0.1) is 10.8 Å². The molecular formula is C9H9N2O2P. The van der Waals surface area contributed by atoms with Crippen molar-refractivity contribution in [2.24, 2.45) is 5.50 Å². The summed E-state index contributed by atoms with van der Waals surface area (Å²) >= 11 is 0. The van der Waals surface area contributed by atoms with Gasteiger partial charge in [-0.15, -0.1) is 0 Å². The Kier molecular flexibility index (Phi) is 2.11. The highest BCUT2D eigenvalue weighted by atomic mass is 31.2. The highest BCUT2D eigenvalue weighted by Gasteiger charge is 2.17. The van der Waals surface area contributed by atoms with Crippen molar-refractivity contribution in [3.63, 3.8) is 0 Å². The highest BCUT2D eigenvalue weighted by Crippen LogP contribution is 2.31. The van der Waals surface area contributed by atoms with Gasteiger partial charge in [0.25, 0.3) is 7.52 Å². The Labute approximate surface area is 80.9 Å². The van der Waals surface area contributed by atoms with Crippen LogP contribution in [0.25, 0.3) is 10.9 Å². The minimum absolute atomic E-state index is 0.253. The second kappa shape index (κ2) is 3.17. The molecule has 5 heteroatoms. The van der Waals surface area contributed by atoms with Gasteiger partial charge in [0.1, 0.15) is 0 Å². The highest BCUT2D eigenvalue weighted by molar-refractivity contribution is 7.64. The van der Waals surface area contributed by atoms with E-state index in [1.807, 2.05) is 6.07 Å². The Hall–Kier alpha value is -1.22. The zero-order chi connectivity index (χ0) is 10.2. The molecule has 0 saturated carbocycles. The summed E-state index contributed by atoms with van der Waals surface area (Å²) < 4.78 is 11.3. The average molecular weight is 208 g/mol. The number of hydrogen-bond acceptors (Lipinski definition) is 2. The Morgan fingerprint density at radius 1 is 1.29 bits per heavy atom. The van der Waals surface area contributed by atoms with Gasteiger partial charge in [0.2, 0.25) is 0 Å². The van der Waals surface area contributed by atoms with Crippen LogP contribution < -0.4 is 10.8 Å². The van der Waals surface area contributed by atoms with E-state index in [1.165, 1.54) is 12.3 Å². The molecule has 1 heterocycles. The normalized spacial score (nSPS) is 15.3. The molecular weight excluding hydrogens is 199 g/mol. The Morgan fingerprint density at radius 3 is 2.71 bits per heavy atom. The molecule has 0 aliphatic rings. The maximum Gasteiger partial charge on any atom is 0.295 e. The van der Waals surface area contributed by atoms with Crippen LogP contribution in [0.4, 0.5) is 0 Å². The number of nitrogens with two attached hydrogens (primary N) is 1. The SMILES string of the molecule is NP(=O)(O)c1ccnc2ccccc12. The monoisotopic (exact) mass is 208 g/mol. The minimum atomic E-state index is -3.70. The van der Waals surface area contributed by atoms with Gasteiger partial charge in [0.15, 0.2) is 0 Å². The summed E-state index contributed by atoms with van der Waals surface area (Å²) in [5.41, 5.74) is 5.88. The maximum absolute atomic E-state index is 11.3. The van der Waals surface area contributed by atoms with E-state index in [1.54, 1.807) is 18.2 Å². The zero-order valence-corrected chi connectivity index (χ0v) is 8.19. The lowest BCUT2D eigenvalue weighted by Crippen LogP contribution is -2.12. The first-order chi connectivity index (χ1) is 6.59. The van der Waals surface area contributed by atoms with E-state index in [4.69, 9.17) is 5.50 Å². The van der Waals surface area contributed by atoms with Crippen LogP contribution in [-0.4, -0.2) is 9.88 Å². The van der Waals surface area contributed by atoms with E-state index in [2.05, 4.69) is 4.98 Å². The zero-order valence-electron chi connectivity index (χ0n) is 7.29. The second-order valence-corrected chi connectivity index (χ2v) is 4.70. The molecule has 72 valence electrons. The number of benzene rings is 1. The third kappa shape index (κ3) is 1.55. The summed E-state index contributed by atoms with van der Waals surface area (Å²) in [5.74, 6) is 0. The van der Waals surface area contributed by atoms with Gasteiger partial charge >= 0.3 is 0 Å². The Morgan fingerprint density at radius 2 is 2.00 bits per heavy atom. The molecule has 1 aromatic carbocycles. The molecule has 2 aromatic rings. The van der Waals surface area contributed by atoms with Crippen LogP contribution in [0.3, 0.4) is 0 Å². The lowest BCUT2D eigenvalue weighted by Gasteiger charge is -2.07. The number of aromatic nitrogens is 1. The fourth-order valence-corrected chi connectivity index (χ4v) is 2.17. The van der Waals surface area contributed by atoms with Gasteiger partial charge in [-0.2, -0.15) is 0 Å². The number of pyridine rings is 1. The van der Waals surface area contributed by atoms with Crippen molar-refractivity contribution in [2.75, 3.05) is 0 Å². The van der Waals surface area contributed by atoms with Crippen molar-refractivity contribution in [2.45, 2.75) is 0 Å². The quantitative estimate of drug-likeness (QED) is 0.685. The molecule has 0 saturated heterocycles. The van der Waals surface area contributed by atoms with Crippen LogP contribution in [0.1, 0.15) is 0 Å². The van der Waals surface area contributed by atoms with E-state index in [-0.39, 0.29) is 5.30 Å². The molecule has 0 amide bonds. The van der Waals surface area contributed by atoms with Crippen molar-refractivity contribution in [3.8, 4) is 0 Å². The molecule has 0 aliphatic heterocycles. The number of hydrogen-bond donors (Lipinski definition) is 2. The largest absolute Gasteiger partial charge is 0.330 e. The maximum atomic E-state index is 11.3. The standard InChI is InChI=1S/C9H9N2O2P/c10-14(12,13)9-5-6-11-8-4-2-1-3-7(8)9/h1-6H,(H3,10,12,13). The van der Waals surface area contributed by atoms with Crippen LogP contribution in [0.15, 0.2) is 36.5 Å². The summed E-state index contributed by atoms with van der Waals surface area (Å²) in [4.78, 5) is 13.4. The predicted octanol–water partition coefficient (Wildman–Crippen LogP) is 1.00. The molecule has 0 fully saturated rings. The van der Waals surface area contributed by atoms with Crippen LogP contribution in [-0.2, 0) is 4.57 Å². The van der Waals surface area contributed by atoms with Crippen LogP contribution >= 0.6 is 7.52 Å². The summed E-state index contributed by atoms with van der Waals surface area (Å²) in [6.07, 6.45) is 1.48. The van der Waals surface area contributed by atoms with E-state index < -0.39 is 7.52 Å². The number of rotatable bonds is 1. The minimum Gasteiger partial charge on any atom is -0.330 e. The van der Waals surface area contributed by atoms with Crippen molar-refractivity contribution < 1.29 is 9.46 Å². The van der Waals surface area contributed by atoms with Gasteiger partial charge < -0.3 is 4.89 Å². The molecule has 1 atom stereocenters. The summed E-state index contributed by atoms with van der Waals surface area (Å²) in [7, 11) is -3.70. The average Bonchev–Trinajstić information content (AvgIpc) is 2.15.